The van der Waals surface area contributed by atoms with Crippen LogP contribution in [0.15, 0.2) is 42.5 Å². The molecule has 0 saturated carbocycles. The van der Waals surface area contributed by atoms with E-state index in [2.05, 4.69) is 10.1 Å². The molecule has 2 rings (SSSR count). The van der Waals surface area contributed by atoms with E-state index in [0.29, 0.717) is 17.0 Å². The number of carbonyl (C=O) groups is 3. The van der Waals surface area contributed by atoms with Gasteiger partial charge in [-0.25, -0.2) is 4.79 Å². The summed E-state index contributed by atoms with van der Waals surface area (Å²) < 4.78 is 15.1. The van der Waals surface area contributed by atoms with Crippen LogP contribution in [-0.2, 0) is 19.1 Å². The van der Waals surface area contributed by atoms with Gasteiger partial charge in [0.15, 0.2) is 6.61 Å². The van der Waals surface area contributed by atoms with Crippen molar-refractivity contribution in [1.29, 1.82) is 0 Å². The molecule has 0 heterocycles. The van der Waals surface area contributed by atoms with Crippen LogP contribution in [0.3, 0.4) is 0 Å². The van der Waals surface area contributed by atoms with Crippen molar-refractivity contribution in [3.63, 3.8) is 0 Å². The summed E-state index contributed by atoms with van der Waals surface area (Å²) in [5.41, 5.74) is 2.59. The van der Waals surface area contributed by atoms with Crippen LogP contribution >= 0.6 is 0 Å². The number of benzene rings is 2. The van der Waals surface area contributed by atoms with E-state index in [1.54, 1.807) is 25.1 Å². The Balaban J connectivity index is 1.77. The maximum atomic E-state index is 12.0. The zero-order valence-electron chi connectivity index (χ0n) is 16.1. The van der Waals surface area contributed by atoms with Crippen molar-refractivity contribution in [3.05, 3.63) is 59.2 Å². The molecule has 28 heavy (non-hydrogen) atoms. The Kier molecular flexibility index (Phi) is 7.56. The minimum Gasteiger partial charge on any atom is -0.493 e. The molecular weight excluding hydrogens is 362 g/mol. The highest BCUT2D eigenvalue weighted by Crippen LogP contribution is 2.17. The summed E-state index contributed by atoms with van der Waals surface area (Å²) >= 11 is 0. The third-order valence-electron chi connectivity index (χ3n) is 3.86. The smallest absolute Gasteiger partial charge is 0.337 e. The van der Waals surface area contributed by atoms with Crippen LogP contribution in [0, 0.1) is 13.8 Å². The molecular formula is C21H23NO6. The van der Waals surface area contributed by atoms with E-state index >= 15 is 0 Å². The molecule has 148 valence electrons. The number of amides is 1. The van der Waals surface area contributed by atoms with Crippen molar-refractivity contribution >= 4 is 23.5 Å². The molecule has 0 spiro atoms. The number of ether oxygens (including phenoxy) is 3. The highest BCUT2D eigenvalue weighted by molar-refractivity contribution is 5.96. The van der Waals surface area contributed by atoms with Gasteiger partial charge in [-0.1, -0.05) is 18.2 Å². The maximum Gasteiger partial charge on any atom is 0.337 e. The average Bonchev–Trinajstić information content (AvgIpc) is 2.67. The fourth-order valence-electron chi connectivity index (χ4n) is 2.36. The van der Waals surface area contributed by atoms with Crippen molar-refractivity contribution in [1.82, 2.24) is 0 Å². The highest BCUT2D eigenvalue weighted by atomic mass is 16.5. The lowest BCUT2D eigenvalue weighted by atomic mass is 10.1. The van der Waals surface area contributed by atoms with Crippen LogP contribution < -0.4 is 10.1 Å². The van der Waals surface area contributed by atoms with E-state index in [-0.39, 0.29) is 13.0 Å². The monoisotopic (exact) mass is 385 g/mol. The van der Waals surface area contributed by atoms with Gasteiger partial charge >= 0.3 is 11.9 Å². The first kappa shape index (κ1) is 21.0. The molecule has 1 amide bonds. The summed E-state index contributed by atoms with van der Waals surface area (Å²) in [4.78, 5) is 35.4. The van der Waals surface area contributed by atoms with Crippen LogP contribution in [0.5, 0.6) is 5.75 Å². The number of hydrogen-bond acceptors (Lipinski definition) is 6. The number of anilines is 1. The summed E-state index contributed by atoms with van der Waals surface area (Å²) in [6, 6.07) is 12.3. The third kappa shape index (κ3) is 6.42. The largest absolute Gasteiger partial charge is 0.493 e. The van der Waals surface area contributed by atoms with Crippen molar-refractivity contribution in [2.75, 3.05) is 25.6 Å². The third-order valence-corrected chi connectivity index (χ3v) is 3.86. The molecule has 2 aromatic rings. The Labute approximate surface area is 163 Å². The first-order chi connectivity index (χ1) is 13.4. The van der Waals surface area contributed by atoms with E-state index in [1.165, 1.54) is 13.2 Å². The Morgan fingerprint density at radius 1 is 1.04 bits per heavy atom. The number of esters is 2. The van der Waals surface area contributed by atoms with Crippen molar-refractivity contribution in [2.45, 2.75) is 20.3 Å². The predicted octanol–water partition coefficient (Wildman–Crippen LogP) is 3.04. The molecule has 7 heteroatoms. The standard InChI is InChI=1S/C21H23NO6/c1-14-5-4-6-17(11-14)27-10-9-20(24)28-13-19(23)22-18-12-16(21(25)26-3)8-7-15(18)2/h4-8,11-12H,9-10,13H2,1-3H3,(H,22,23). The van der Waals surface area contributed by atoms with Gasteiger partial charge in [-0.3, -0.25) is 9.59 Å². The van der Waals surface area contributed by atoms with Gasteiger partial charge in [0.2, 0.25) is 0 Å². The molecule has 7 nitrogen and oxygen atoms in total. The first-order valence-corrected chi connectivity index (χ1v) is 8.73. The zero-order chi connectivity index (χ0) is 20.5. The van der Waals surface area contributed by atoms with Gasteiger partial charge < -0.3 is 19.5 Å². The maximum absolute atomic E-state index is 12.0. The SMILES string of the molecule is COC(=O)c1ccc(C)c(NC(=O)COC(=O)CCOc2cccc(C)c2)c1. The lowest BCUT2D eigenvalue weighted by Gasteiger charge is -2.11. The summed E-state index contributed by atoms with van der Waals surface area (Å²) in [7, 11) is 1.28. The van der Waals surface area contributed by atoms with Crippen molar-refractivity contribution in [3.8, 4) is 5.75 Å². The molecule has 0 saturated heterocycles. The van der Waals surface area contributed by atoms with E-state index in [0.717, 1.165) is 11.1 Å². The predicted molar refractivity (Wildman–Crippen MR) is 103 cm³/mol. The normalized spacial score (nSPS) is 10.1. The molecule has 0 bridgehead atoms. The van der Waals surface area contributed by atoms with Gasteiger partial charge in [0.1, 0.15) is 5.75 Å². The Hall–Kier alpha value is -3.35. The van der Waals surface area contributed by atoms with Crippen LogP contribution in [0.2, 0.25) is 0 Å². The summed E-state index contributed by atoms with van der Waals surface area (Å²) in [5.74, 6) is -0.872. The molecule has 0 atom stereocenters. The lowest BCUT2D eigenvalue weighted by molar-refractivity contribution is -0.147. The van der Waals surface area contributed by atoms with Gasteiger partial charge in [0.05, 0.1) is 25.7 Å². The van der Waals surface area contributed by atoms with Gasteiger partial charge in [0.25, 0.3) is 5.91 Å². The van der Waals surface area contributed by atoms with Gasteiger partial charge in [0, 0.05) is 5.69 Å². The second kappa shape index (κ2) is 10.1. The van der Waals surface area contributed by atoms with Crippen LogP contribution in [0.25, 0.3) is 0 Å². The van der Waals surface area contributed by atoms with Crippen LogP contribution in [0.4, 0.5) is 5.69 Å². The minimum atomic E-state index is -0.539. The van der Waals surface area contributed by atoms with E-state index in [9.17, 15) is 14.4 Å². The lowest BCUT2D eigenvalue weighted by Crippen LogP contribution is -2.22. The fourth-order valence-corrected chi connectivity index (χ4v) is 2.36. The minimum absolute atomic E-state index is 0.0259. The second-order valence-corrected chi connectivity index (χ2v) is 6.15. The molecule has 0 fully saturated rings. The first-order valence-electron chi connectivity index (χ1n) is 8.73. The molecule has 1 N–H and O–H groups in total. The number of carbonyl (C=O) groups excluding carboxylic acids is 3. The molecule has 0 aliphatic carbocycles. The molecule has 0 unspecified atom stereocenters. The number of methoxy groups -OCH3 is 1. The topological polar surface area (TPSA) is 90.9 Å². The fraction of sp³-hybridized carbons (Fsp3) is 0.286. The van der Waals surface area contributed by atoms with Crippen molar-refractivity contribution in [2.24, 2.45) is 0 Å². The Morgan fingerprint density at radius 2 is 1.82 bits per heavy atom. The van der Waals surface area contributed by atoms with E-state index < -0.39 is 24.5 Å². The number of hydrogen-bond donors (Lipinski definition) is 1. The average molecular weight is 385 g/mol. The van der Waals surface area contributed by atoms with Crippen molar-refractivity contribution < 1.29 is 28.6 Å². The quantitative estimate of drug-likeness (QED) is 0.703. The van der Waals surface area contributed by atoms with Crippen LogP contribution in [-0.4, -0.2) is 38.2 Å². The molecule has 2 aromatic carbocycles. The second-order valence-electron chi connectivity index (χ2n) is 6.15. The Morgan fingerprint density at radius 3 is 2.54 bits per heavy atom. The summed E-state index contributed by atoms with van der Waals surface area (Å²) in [6.07, 6.45) is 0.0259. The van der Waals surface area contributed by atoms with Gasteiger partial charge in [-0.05, 0) is 49.2 Å². The van der Waals surface area contributed by atoms with Crippen LogP contribution in [0.1, 0.15) is 27.9 Å². The molecule has 0 aliphatic heterocycles. The molecule has 0 aromatic heterocycles. The highest BCUT2D eigenvalue weighted by Gasteiger charge is 2.12. The van der Waals surface area contributed by atoms with E-state index in [1.807, 2.05) is 25.1 Å². The van der Waals surface area contributed by atoms with Gasteiger partial charge in [-0.2, -0.15) is 0 Å². The van der Waals surface area contributed by atoms with Gasteiger partial charge in [-0.15, -0.1) is 0 Å². The number of aryl methyl sites for hydroxylation is 2. The number of rotatable bonds is 8. The molecule has 0 radical (unpaired) electrons. The number of nitrogens with one attached hydrogen (secondary N) is 1. The zero-order valence-corrected chi connectivity index (χ0v) is 16.1. The Bertz CT molecular complexity index is 862. The summed E-state index contributed by atoms with van der Waals surface area (Å²) in [5, 5.41) is 2.62. The summed E-state index contributed by atoms with van der Waals surface area (Å²) in [6.45, 7) is 3.46. The van der Waals surface area contributed by atoms with E-state index in [4.69, 9.17) is 9.47 Å². The molecule has 0 aliphatic rings.